The fourth-order valence-corrected chi connectivity index (χ4v) is 2.25. The number of rotatable bonds is 12. The third-order valence-electron chi connectivity index (χ3n) is 3.33. The average molecular weight is 343 g/mol. The van der Waals surface area contributed by atoms with Crippen molar-refractivity contribution in [3.63, 3.8) is 0 Å². The molecule has 0 spiro atoms. The predicted molar refractivity (Wildman–Crippen MR) is 89.0 cm³/mol. The van der Waals surface area contributed by atoms with Gasteiger partial charge >= 0.3 is 5.97 Å². The molecular weight excluding hydrogens is 316 g/mol. The smallest absolute Gasteiger partial charge is 0.306 e. The van der Waals surface area contributed by atoms with Crippen molar-refractivity contribution in [3.8, 4) is 0 Å². The molecule has 0 aromatic heterocycles. The lowest BCUT2D eigenvalue weighted by Gasteiger charge is -2.23. The molecule has 0 amide bonds. The van der Waals surface area contributed by atoms with Crippen molar-refractivity contribution in [1.29, 1.82) is 0 Å². The molecule has 1 aromatic carbocycles. The van der Waals surface area contributed by atoms with Gasteiger partial charge in [0.2, 0.25) is 0 Å². The summed E-state index contributed by atoms with van der Waals surface area (Å²) in [5.41, 5.74) is 0.915. The molecule has 6 heteroatoms. The number of hydrogen-bond donors (Lipinski definition) is 0. The molecule has 0 heterocycles. The van der Waals surface area contributed by atoms with Gasteiger partial charge < -0.3 is 14.4 Å². The van der Waals surface area contributed by atoms with Crippen molar-refractivity contribution >= 4 is 5.97 Å². The van der Waals surface area contributed by atoms with Gasteiger partial charge in [-0.3, -0.25) is 4.79 Å². The van der Waals surface area contributed by atoms with Gasteiger partial charge in [-0.15, -0.1) is 0 Å². The highest BCUT2D eigenvalue weighted by Gasteiger charge is 2.30. The Balaban J connectivity index is 2.09. The van der Waals surface area contributed by atoms with Crippen LogP contribution in [0.25, 0.3) is 0 Å². The summed E-state index contributed by atoms with van der Waals surface area (Å²) in [6.07, 6.45) is 1.36. The highest BCUT2D eigenvalue weighted by molar-refractivity contribution is 5.69. The zero-order valence-electron chi connectivity index (χ0n) is 14.5. The lowest BCUT2D eigenvalue weighted by Crippen LogP contribution is -2.38. The number of esters is 1. The summed E-state index contributed by atoms with van der Waals surface area (Å²) in [5.74, 6) is -3.23. The molecule has 0 aliphatic rings. The van der Waals surface area contributed by atoms with Crippen molar-refractivity contribution in [1.82, 2.24) is 4.90 Å². The molecule has 0 fully saturated rings. The molecule has 0 bridgehead atoms. The zero-order valence-corrected chi connectivity index (χ0v) is 14.5. The number of halogens is 2. The normalized spacial score (nSPS) is 11.7. The molecule has 0 aliphatic carbocycles. The minimum absolute atomic E-state index is 0.119. The molecular formula is C18H27F2NO3. The summed E-state index contributed by atoms with van der Waals surface area (Å²) >= 11 is 0. The molecule has 1 rings (SSSR count). The molecule has 4 nitrogen and oxygen atoms in total. The van der Waals surface area contributed by atoms with Crippen LogP contribution in [0.4, 0.5) is 8.78 Å². The first-order chi connectivity index (χ1) is 11.4. The van der Waals surface area contributed by atoms with E-state index in [2.05, 4.69) is 0 Å². The number of hydrogen-bond acceptors (Lipinski definition) is 4. The highest BCUT2D eigenvalue weighted by Crippen LogP contribution is 2.15. The average Bonchev–Trinajstić information content (AvgIpc) is 2.53. The SMILES string of the molecule is CCCN(C)CC(F)(F)COCCCC(=O)OCc1ccccc1. The van der Waals surface area contributed by atoms with Crippen molar-refractivity contribution in [2.24, 2.45) is 0 Å². The van der Waals surface area contributed by atoms with E-state index in [1.54, 1.807) is 11.9 Å². The second-order valence-electron chi connectivity index (χ2n) is 5.90. The van der Waals surface area contributed by atoms with E-state index >= 15 is 0 Å². The van der Waals surface area contributed by atoms with Gasteiger partial charge in [-0.25, -0.2) is 8.78 Å². The number of benzene rings is 1. The number of nitrogens with zero attached hydrogens (tertiary/aromatic N) is 1. The Labute approximate surface area is 142 Å². The monoisotopic (exact) mass is 343 g/mol. The quantitative estimate of drug-likeness (QED) is 0.430. The fraction of sp³-hybridized carbons (Fsp3) is 0.611. The third kappa shape index (κ3) is 9.57. The van der Waals surface area contributed by atoms with Crippen molar-refractivity contribution in [3.05, 3.63) is 35.9 Å². The summed E-state index contributed by atoms with van der Waals surface area (Å²) in [5, 5.41) is 0. The zero-order chi connectivity index (χ0) is 17.8. The van der Waals surface area contributed by atoms with Crippen LogP contribution in [0.5, 0.6) is 0 Å². The molecule has 0 radical (unpaired) electrons. The minimum atomic E-state index is -2.88. The van der Waals surface area contributed by atoms with Gasteiger partial charge in [-0.1, -0.05) is 37.3 Å². The molecule has 0 saturated carbocycles. The van der Waals surface area contributed by atoms with Crippen LogP contribution < -0.4 is 0 Å². The molecule has 136 valence electrons. The van der Waals surface area contributed by atoms with E-state index < -0.39 is 12.5 Å². The van der Waals surface area contributed by atoms with Crippen LogP contribution in [-0.4, -0.2) is 50.1 Å². The largest absolute Gasteiger partial charge is 0.461 e. The molecule has 0 atom stereocenters. The number of carbonyl (C=O) groups is 1. The molecule has 0 aliphatic heterocycles. The summed E-state index contributed by atoms with van der Waals surface area (Å²) in [6, 6.07) is 9.37. The maximum atomic E-state index is 13.6. The van der Waals surface area contributed by atoms with Gasteiger partial charge in [-0.2, -0.15) is 0 Å². The van der Waals surface area contributed by atoms with E-state index in [9.17, 15) is 13.6 Å². The maximum Gasteiger partial charge on any atom is 0.306 e. The lowest BCUT2D eigenvalue weighted by molar-refractivity contribution is -0.145. The first-order valence-electron chi connectivity index (χ1n) is 8.26. The second-order valence-corrected chi connectivity index (χ2v) is 5.90. The lowest BCUT2D eigenvalue weighted by atomic mass is 10.2. The van der Waals surface area contributed by atoms with Gasteiger partial charge in [0.15, 0.2) is 0 Å². The van der Waals surface area contributed by atoms with Crippen LogP contribution >= 0.6 is 0 Å². The standard InChI is InChI=1S/C18H27F2NO3/c1-3-11-21(2)14-18(19,20)15-23-12-7-10-17(22)24-13-16-8-5-4-6-9-16/h4-6,8-9H,3,7,10-15H2,1-2H3. The highest BCUT2D eigenvalue weighted by atomic mass is 19.3. The van der Waals surface area contributed by atoms with E-state index in [1.807, 2.05) is 37.3 Å². The Morgan fingerprint density at radius 1 is 1.25 bits per heavy atom. The predicted octanol–water partition coefficient (Wildman–Crippen LogP) is 3.50. The maximum absolute atomic E-state index is 13.6. The second kappa shape index (κ2) is 11.1. The van der Waals surface area contributed by atoms with Gasteiger partial charge in [0.05, 0.1) is 6.54 Å². The van der Waals surface area contributed by atoms with Crippen LogP contribution in [-0.2, 0) is 20.9 Å². The Hall–Kier alpha value is -1.53. The summed E-state index contributed by atoms with van der Waals surface area (Å²) in [6.45, 7) is 1.97. The Kier molecular flexibility index (Phi) is 9.49. The molecule has 0 N–H and O–H groups in total. The van der Waals surface area contributed by atoms with E-state index in [4.69, 9.17) is 9.47 Å². The van der Waals surface area contributed by atoms with Crippen molar-refractivity contribution in [2.75, 3.05) is 33.4 Å². The van der Waals surface area contributed by atoms with Crippen LogP contribution in [0.1, 0.15) is 31.7 Å². The van der Waals surface area contributed by atoms with Crippen LogP contribution in [0, 0.1) is 0 Å². The summed E-state index contributed by atoms with van der Waals surface area (Å²) in [4.78, 5) is 13.1. The molecule has 0 unspecified atom stereocenters. The Bertz CT molecular complexity index is 469. The Morgan fingerprint density at radius 3 is 2.62 bits per heavy atom. The topological polar surface area (TPSA) is 38.8 Å². The van der Waals surface area contributed by atoms with Crippen LogP contribution in [0.15, 0.2) is 30.3 Å². The first-order valence-corrected chi connectivity index (χ1v) is 8.26. The number of alkyl halides is 2. The Morgan fingerprint density at radius 2 is 1.96 bits per heavy atom. The van der Waals surface area contributed by atoms with Gasteiger partial charge in [-0.05, 0) is 32.0 Å². The van der Waals surface area contributed by atoms with Crippen molar-refractivity contribution < 1.29 is 23.0 Å². The molecule has 0 saturated heterocycles. The van der Waals surface area contributed by atoms with E-state index in [0.717, 1.165) is 12.0 Å². The van der Waals surface area contributed by atoms with Crippen molar-refractivity contribution in [2.45, 2.75) is 38.7 Å². The van der Waals surface area contributed by atoms with Gasteiger partial charge in [0.1, 0.15) is 13.2 Å². The van der Waals surface area contributed by atoms with E-state index in [1.165, 1.54) is 0 Å². The third-order valence-corrected chi connectivity index (χ3v) is 3.33. The summed E-state index contributed by atoms with van der Waals surface area (Å²) in [7, 11) is 1.67. The van der Waals surface area contributed by atoms with E-state index in [0.29, 0.717) is 13.0 Å². The number of ether oxygens (including phenoxy) is 2. The fourth-order valence-electron chi connectivity index (χ4n) is 2.25. The summed E-state index contributed by atoms with van der Waals surface area (Å²) < 4.78 is 37.4. The molecule has 1 aromatic rings. The van der Waals surface area contributed by atoms with Gasteiger partial charge in [0, 0.05) is 13.0 Å². The van der Waals surface area contributed by atoms with E-state index in [-0.39, 0.29) is 32.1 Å². The molecule has 24 heavy (non-hydrogen) atoms. The van der Waals surface area contributed by atoms with Crippen LogP contribution in [0.3, 0.4) is 0 Å². The number of carbonyl (C=O) groups excluding carboxylic acids is 1. The minimum Gasteiger partial charge on any atom is -0.461 e. The first kappa shape index (κ1) is 20.5. The van der Waals surface area contributed by atoms with Crippen LogP contribution in [0.2, 0.25) is 0 Å². The van der Waals surface area contributed by atoms with Gasteiger partial charge in [0.25, 0.3) is 5.92 Å².